The maximum Gasteiger partial charge on any atom is 0.161 e. The predicted molar refractivity (Wildman–Crippen MR) is 110 cm³/mol. The van der Waals surface area contributed by atoms with Crippen LogP contribution in [0.15, 0.2) is 71.2 Å². The zero-order chi connectivity index (χ0) is 18.4. The molecule has 0 aliphatic heterocycles. The lowest BCUT2D eigenvalue weighted by molar-refractivity contribution is 0.284. The lowest BCUT2D eigenvalue weighted by atomic mass is 10.2. The molecule has 0 spiro atoms. The molecule has 0 unspecified atom stereocenters. The molecular weight excluding hydrogens is 414 g/mol. The number of anilines is 1. The summed E-state index contributed by atoms with van der Waals surface area (Å²) >= 11 is 9.35. The highest BCUT2D eigenvalue weighted by atomic mass is 79.9. The van der Waals surface area contributed by atoms with Gasteiger partial charge in [0.25, 0.3) is 0 Å². The molecule has 0 aliphatic carbocycles. The standard InChI is InChI=1S/C21H19BrClNO2/c1-25-21-12-16(13-24-19-9-5-17(22)6-10-19)4-11-20(21)26-14-15-2-7-18(23)8-3-15/h2-12,24H,13-14H2,1H3. The fraction of sp³-hybridized carbons (Fsp3) is 0.143. The fourth-order valence-corrected chi connectivity index (χ4v) is 2.85. The minimum Gasteiger partial charge on any atom is -0.493 e. The summed E-state index contributed by atoms with van der Waals surface area (Å²) in [5, 5.41) is 4.11. The first-order valence-corrected chi connectivity index (χ1v) is 9.35. The number of nitrogens with one attached hydrogen (secondary N) is 1. The van der Waals surface area contributed by atoms with Crippen LogP contribution in [-0.4, -0.2) is 7.11 Å². The summed E-state index contributed by atoms with van der Waals surface area (Å²) in [6.07, 6.45) is 0. The molecule has 0 aromatic heterocycles. The number of benzene rings is 3. The number of hydrogen-bond acceptors (Lipinski definition) is 3. The Morgan fingerprint density at radius 2 is 1.58 bits per heavy atom. The van der Waals surface area contributed by atoms with E-state index in [9.17, 15) is 0 Å². The minimum atomic E-state index is 0.462. The molecule has 5 heteroatoms. The van der Waals surface area contributed by atoms with Gasteiger partial charge >= 0.3 is 0 Å². The second-order valence-corrected chi connectivity index (χ2v) is 7.11. The van der Waals surface area contributed by atoms with E-state index in [-0.39, 0.29) is 0 Å². The van der Waals surface area contributed by atoms with Gasteiger partial charge in [0, 0.05) is 21.7 Å². The Balaban J connectivity index is 1.63. The van der Waals surface area contributed by atoms with Gasteiger partial charge in [-0.1, -0.05) is 45.7 Å². The molecule has 0 aliphatic rings. The van der Waals surface area contributed by atoms with Crippen molar-refractivity contribution in [3.8, 4) is 11.5 Å². The summed E-state index contributed by atoms with van der Waals surface area (Å²) in [5.74, 6) is 1.43. The van der Waals surface area contributed by atoms with Crippen LogP contribution in [0.3, 0.4) is 0 Å². The molecule has 0 heterocycles. The van der Waals surface area contributed by atoms with Crippen molar-refractivity contribution in [2.45, 2.75) is 13.2 Å². The Bertz CT molecular complexity index is 851. The van der Waals surface area contributed by atoms with Gasteiger partial charge < -0.3 is 14.8 Å². The summed E-state index contributed by atoms with van der Waals surface area (Å²) in [5.41, 5.74) is 3.23. The maximum absolute atomic E-state index is 5.91. The number of ether oxygens (including phenoxy) is 2. The molecule has 0 saturated heterocycles. The van der Waals surface area contributed by atoms with Gasteiger partial charge in [0.15, 0.2) is 11.5 Å². The summed E-state index contributed by atoms with van der Waals surface area (Å²) in [6, 6.07) is 21.7. The van der Waals surface area contributed by atoms with Crippen molar-refractivity contribution in [1.29, 1.82) is 0 Å². The van der Waals surface area contributed by atoms with Gasteiger partial charge in [-0.15, -0.1) is 0 Å². The van der Waals surface area contributed by atoms with E-state index in [0.29, 0.717) is 23.9 Å². The summed E-state index contributed by atoms with van der Waals surface area (Å²) < 4.78 is 12.4. The van der Waals surface area contributed by atoms with E-state index in [1.807, 2.05) is 66.7 Å². The van der Waals surface area contributed by atoms with Crippen molar-refractivity contribution in [3.63, 3.8) is 0 Å². The van der Waals surface area contributed by atoms with Crippen LogP contribution in [0.5, 0.6) is 11.5 Å². The van der Waals surface area contributed by atoms with Crippen molar-refractivity contribution >= 4 is 33.2 Å². The first-order chi connectivity index (χ1) is 12.6. The van der Waals surface area contributed by atoms with Crippen LogP contribution in [0, 0.1) is 0 Å². The van der Waals surface area contributed by atoms with Crippen molar-refractivity contribution in [2.24, 2.45) is 0 Å². The van der Waals surface area contributed by atoms with Crippen LogP contribution in [0.4, 0.5) is 5.69 Å². The summed E-state index contributed by atoms with van der Waals surface area (Å²) in [4.78, 5) is 0. The van der Waals surface area contributed by atoms with Crippen LogP contribution in [-0.2, 0) is 13.2 Å². The average Bonchev–Trinajstić information content (AvgIpc) is 2.67. The van der Waals surface area contributed by atoms with Crippen LogP contribution >= 0.6 is 27.5 Å². The summed E-state index contributed by atoms with van der Waals surface area (Å²) in [7, 11) is 1.65. The Hall–Kier alpha value is -2.17. The first kappa shape index (κ1) is 18.6. The van der Waals surface area contributed by atoms with Gasteiger partial charge in [-0.05, 0) is 59.7 Å². The van der Waals surface area contributed by atoms with E-state index in [1.54, 1.807) is 7.11 Å². The molecule has 134 valence electrons. The predicted octanol–water partition coefficient (Wildman–Crippen LogP) is 6.30. The molecule has 0 saturated carbocycles. The quantitative estimate of drug-likeness (QED) is 0.475. The summed E-state index contributed by atoms with van der Waals surface area (Å²) in [6.45, 7) is 1.17. The topological polar surface area (TPSA) is 30.5 Å². The third kappa shape index (κ3) is 5.16. The van der Waals surface area contributed by atoms with Crippen molar-refractivity contribution in [2.75, 3.05) is 12.4 Å². The Labute approximate surface area is 167 Å². The van der Waals surface area contributed by atoms with Crippen LogP contribution in [0.25, 0.3) is 0 Å². The highest BCUT2D eigenvalue weighted by Gasteiger charge is 2.07. The number of hydrogen-bond donors (Lipinski definition) is 1. The molecule has 0 fully saturated rings. The van der Waals surface area contributed by atoms with Gasteiger partial charge in [0.05, 0.1) is 7.11 Å². The van der Waals surface area contributed by atoms with Crippen LogP contribution in [0.1, 0.15) is 11.1 Å². The van der Waals surface area contributed by atoms with Crippen molar-refractivity contribution in [1.82, 2.24) is 0 Å². The third-order valence-corrected chi connectivity index (χ3v) is 4.66. The zero-order valence-electron chi connectivity index (χ0n) is 14.3. The van der Waals surface area contributed by atoms with E-state index in [0.717, 1.165) is 27.0 Å². The molecule has 1 N–H and O–H groups in total. The molecule has 0 amide bonds. The van der Waals surface area contributed by atoms with Crippen LogP contribution in [0.2, 0.25) is 5.02 Å². The third-order valence-electron chi connectivity index (χ3n) is 3.88. The van der Waals surface area contributed by atoms with Gasteiger partial charge in [-0.25, -0.2) is 0 Å². The molecule has 3 rings (SSSR count). The lowest BCUT2D eigenvalue weighted by Crippen LogP contribution is -2.01. The van der Waals surface area contributed by atoms with Gasteiger partial charge in [0.1, 0.15) is 6.61 Å². The molecule has 3 aromatic carbocycles. The van der Waals surface area contributed by atoms with E-state index in [4.69, 9.17) is 21.1 Å². The highest BCUT2D eigenvalue weighted by Crippen LogP contribution is 2.29. The first-order valence-electron chi connectivity index (χ1n) is 8.17. The Morgan fingerprint density at radius 3 is 2.27 bits per heavy atom. The molecule has 0 atom stereocenters. The molecule has 0 radical (unpaired) electrons. The molecule has 3 nitrogen and oxygen atoms in total. The molecule has 0 bridgehead atoms. The van der Waals surface area contributed by atoms with Crippen molar-refractivity contribution < 1.29 is 9.47 Å². The maximum atomic E-state index is 5.91. The fourth-order valence-electron chi connectivity index (χ4n) is 2.45. The average molecular weight is 433 g/mol. The number of halogens is 2. The largest absolute Gasteiger partial charge is 0.493 e. The van der Waals surface area contributed by atoms with Gasteiger partial charge in [-0.2, -0.15) is 0 Å². The molecule has 26 heavy (non-hydrogen) atoms. The van der Waals surface area contributed by atoms with Crippen molar-refractivity contribution in [3.05, 3.63) is 87.4 Å². The Morgan fingerprint density at radius 1 is 0.885 bits per heavy atom. The van der Waals surface area contributed by atoms with E-state index < -0.39 is 0 Å². The van der Waals surface area contributed by atoms with Gasteiger partial charge in [0.2, 0.25) is 0 Å². The zero-order valence-corrected chi connectivity index (χ0v) is 16.7. The SMILES string of the molecule is COc1cc(CNc2ccc(Br)cc2)ccc1OCc1ccc(Cl)cc1. The lowest BCUT2D eigenvalue weighted by Gasteiger charge is -2.13. The normalized spacial score (nSPS) is 10.4. The minimum absolute atomic E-state index is 0.462. The van der Waals surface area contributed by atoms with Crippen LogP contribution < -0.4 is 14.8 Å². The highest BCUT2D eigenvalue weighted by molar-refractivity contribution is 9.10. The monoisotopic (exact) mass is 431 g/mol. The smallest absolute Gasteiger partial charge is 0.161 e. The molecular formula is C21H19BrClNO2. The van der Waals surface area contributed by atoms with E-state index in [2.05, 4.69) is 21.2 Å². The van der Waals surface area contributed by atoms with Gasteiger partial charge in [-0.3, -0.25) is 0 Å². The Kier molecular flexibility index (Phi) is 6.42. The number of rotatable bonds is 7. The van der Waals surface area contributed by atoms with E-state index >= 15 is 0 Å². The second kappa shape index (κ2) is 8.97. The second-order valence-electron chi connectivity index (χ2n) is 5.76. The number of methoxy groups -OCH3 is 1. The molecule has 3 aromatic rings. The van der Waals surface area contributed by atoms with E-state index in [1.165, 1.54) is 0 Å².